The summed E-state index contributed by atoms with van der Waals surface area (Å²) in [7, 11) is 0. The molecule has 3 heteroatoms. The SMILES string of the molecule is Cc1cccc(-c2cccc(-c3nnc(C)o3)c2)c1. The molecule has 3 aromatic rings. The molecule has 0 N–H and O–H groups in total. The minimum Gasteiger partial charge on any atom is -0.421 e. The summed E-state index contributed by atoms with van der Waals surface area (Å²) >= 11 is 0. The van der Waals surface area contributed by atoms with E-state index in [9.17, 15) is 0 Å². The molecule has 0 atom stereocenters. The van der Waals surface area contributed by atoms with Crippen LogP contribution in [0.5, 0.6) is 0 Å². The summed E-state index contributed by atoms with van der Waals surface area (Å²) in [4.78, 5) is 0. The van der Waals surface area contributed by atoms with Gasteiger partial charge in [-0.3, -0.25) is 0 Å². The third-order valence-corrected chi connectivity index (χ3v) is 2.99. The van der Waals surface area contributed by atoms with Crippen LogP contribution in [0.15, 0.2) is 52.9 Å². The number of benzene rings is 2. The highest BCUT2D eigenvalue weighted by Crippen LogP contribution is 2.26. The minimum absolute atomic E-state index is 0.562. The number of hydrogen-bond acceptors (Lipinski definition) is 3. The Kier molecular flexibility index (Phi) is 2.88. The molecule has 0 amide bonds. The molecule has 3 nitrogen and oxygen atoms in total. The first-order valence-corrected chi connectivity index (χ1v) is 6.20. The van der Waals surface area contributed by atoms with Gasteiger partial charge in [0.15, 0.2) is 0 Å². The first-order chi connectivity index (χ1) is 9.22. The van der Waals surface area contributed by atoms with E-state index in [0.29, 0.717) is 11.8 Å². The van der Waals surface area contributed by atoms with E-state index in [-0.39, 0.29) is 0 Å². The van der Waals surface area contributed by atoms with Gasteiger partial charge < -0.3 is 4.42 Å². The molecule has 94 valence electrons. The van der Waals surface area contributed by atoms with E-state index in [1.54, 1.807) is 6.92 Å². The van der Waals surface area contributed by atoms with E-state index in [1.807, 2.05) is 12.1 Å². The summed E-state index contributed by atoms with van der Waals surface area (Å²) in [5.41, 5.74) is 4.53. The molecule has 1 heterocycles. The lowest BCUT2D eigenvalue weighted by Crippen LogP contribution is -1.82. The highest BCUT2D eigenvalue weighted by molar-refractivity contribution is 5.70. The van der Waals surface area contributed by atoms with Crippen molar-refractivity contribution < 1.29 is 4.42 Å². The number of nitrogens with zero attached hydrogens (tertiary/aromatic N) is 2. The Labute approximate surface area is 111 Å². The average Bonchev–Trinajstić information content (AvgIpc) is 2.86. The van der Waals surface area contributed by atoms with Crippen molar-refractivity contribution in [3.63, 3.8) is 0 Å². The van der Waals surface area contributed by atoms with Crippen molar-refractivity contribution in [2.24, 2.45) is 0 Å². The Morgan fingerprint density at radius 2 is 1.47 bits per heavy atom. The van der Waals surface area contributed by atoms with Gasteiger partial charge in [0.2, 0.25) is 11.8 Å². The van der Waals surface area contributed by atoms with Gasteiger partial charge in [0.25, 0.3) is 0 Å². The Balaban J connectivity index is 2.05. The molecule has 2 aromatic carbocycles. The lowest BCUT2D eigenvalue weighted by Gasteiger charge is -2.04. The van der Waals surface area contributed by atoms with Crippen LogP contribution in [0.3, 0.4) is 0 Å². The van der Waals surface area contributed by atoms with E-state index in [0.717, 1.165) is 11.1 Å². The zero-order valence-electron chi connectivity index (χ0n) is 10.9. The first-order valence-electron chi connectivity index (χ1n) is 6.20. The van der Waals surface area contributed by atoms with Crippen LogP contribution in [0.25, 0.3) is 22.6 Å². The fraction of sp³-hybridized carbons (Fsp3) is 0.125. The summed E-state index contributed by atoms with van der Waals surface area (Å²) in [6.45, 7) is 3.88. The molecular weight excluding hydrogens is 236 g/mol. The van der Waals surface area contributed by atoms with Gasteiger partial charge in [-0.2, -0.15) is 0 Å². The minimum atomic E-state index is 0.562. The molecule has 0 unspecified atom stereocenters. The van der Waals surface area contributed by atoms with Crippen LogP contribution in [-0.2, 0) is 0 Å². The Morgan fingerprint density at radius 1 is 0.789 bits per heavy atom. The second-order valence-corrected chi connectivity index (χ2v) is 4.58. The lowest BCUT2D eigenvalue weighted by molar-refractivity contribution is 0.533. The molecule has 0 bridgehead atoms. The zero-order valence-corrected chi connectivity index (χ0v) is 10.9. The quantitative estimate of drug-likeness (QED) is 0.689. The highest BCUT2D eigenvalue weighted by atomic mass is 16.4. The topological polar surface area (TPSA) is 38.9 Å². The van der Waals surface area contributed by atoms with Crippen molar-refractivity contribution in [3.8, 4) is 22.6 Å². The van der Waals surface area contributed by atoms with Crippen LogP contribution in [0.2, 0.25) is 0 Å². The maximum Gasteiger partial charge on any atom is 0.247 e. The third-order valence-electron chi connectivity index (χ3n) is 2.99. The molecule has 0 aliphatic heterocycles. The maximum atomic E-state index is 5.46. The molecule has 1 aromatic heterocycles. The van der Waals surface area contributed by atoms with Gasteiger partial charge in [-0.1, -0.05) is 42.0 Å². The van der Waals surface area contributed by atoms with E-state index < -0.39 is 0 Å². The summed E-state index contributed by atoms with van der Waals surface area (Å²) in [5.74, 6) is 1.14. The lowest BCUT2D eigenvalue weighted by atomic mass is 10.0. The van der Waals surface area contributed by atoms with E-state index in [1.165, 1.54) is 11.1 Å². The maximum absolute atomic E-state index is 5.46. The Morgan fingerprint density at radius 3 is 2.16 bits per heavy atom. The third kappa shape index (κ3) is 2.40. The van der Waals surface area contributed by atoms with Crippen LogP contribution in [0, 0.1) is 13.8 Å². The fourth-order valence-electron chi connectivity index (χ4n) is 2.07. The monoisotopic (exact) mass is 250 g/mol. The molecule has 0 saturated heterocycles. The summed E-state index contributed by atoms with van der Waals surface area (Å²) in [5, 5.41) is 7.91. The zero-order chi connectivity index (χ0) is 13.2. The normalized spacial score (nSPS) is 10.6. The van der Waals surface area contributed by atoms with Gasteiger partial charge in [-0.15, -0.1) is 10.2 Å². The molecule has 19 heavy (non-hydrogen) atoms. The number of hydrogen-bond donors (Lipinski definition) is 0. The summed E-state index contributed by atoms with van der Waals surface area (Å²) in [6.07, 6.45) is 0. The van der Waals surface area contributed by atoms with Crippen molar-refractivity contribution in [2.75, 3.05) is 0 Å². The van der Waals surface area contributed by atoms with Gasteiger partial charge in [0.1, 0.15) is 0 Å². The predicted octanol–water partition coefficient (Wildman–Crippen LogP) is 4.02. The molecule has 0 aliphatic rings. The van der Waals surface area contributed by atoms with E-state index in [2.05, 4.69) is 53.5 Å². The molecule has 3 rings (SSSR count). The standard InChI is InChI=1S/C16H14N2O/c1-11-5-3-6-13(9-11)14-7-4-8-15(10-14)16-18-17-12(2)19-16/h3-10H,1-2H3. The Hall–Kier alpha value is -2.42. The number of rotatable bonds is 2. The van der Waals surface area contributed by atoms with Crippen molar-refractivity contribution in [3.05, 3.63) is 60.0 Å². The smallest absolute Gasteiger partial charge is 0.247 e. The highest BCUT2D eigenvalue weighted by Gasteiger charge is 2.07. The van der Waals surface area contributed by atoms with Crippen LogP contribution in [0.1, 0.15) is 11.5 Å². The van der Waals surface area contributed by atoms with Gasteiger partial charge in [0, 0.05) is 12.5 Å². The number of aromatic nitrogens is 2. The van der Waals surface area contributed by atoms with Gasteiger partial charge in [-0.05, 0) is 30.2 Å². The summed E-state index contributed by atoms with van der Waals surface area (Å²) < 4.78 is 5.46. The second kappa shape index (κ2) is 4.69. The molecule has 0 fully saturated rings. The second-order valence-electron chi connectivity index (χ2n) is 4.58. The number of aryl methyl sites for hydroxylation is 2. The predicted molar refractivity (Wildman–Crippen MR) is 74.6 cm³/mol. The van der Waals surface area contributed by atoms with Crippen molar-refractivity contribution in [1.29, 1.82) is 0 Å². The largest absolute Gasteiger partial charge is 0.421 e. The van der Waals surface area contributed by atoms with Crippen LogP contribution < -0.4 is 0 Å². The van der Waals surface area contributed by atoms with Gasteiger partial charge in [0.05, 0.1) is 0 Å². The van der Waals surface area contributed by atoms with Gasteiger partial charge in [-0.25, -0.2) is 0 Å². The van der Waals surface area contributed by atoms with E-state index >= 15 is 0 Å². The Bertz CT molecular complexity index is 716. The van der Waals surface area contributed by atoms with Crippen molar-refractivity contribution >= 4 is 0 Å². The molecular formula is C16H14N2O. The van der Waals surface area contributed by atoms with Crippen LogP contribution in [0.4, 0.5) is 0 Å². The average molecular weight is 250 g/mol. The van der Waals surface area contributed by atoms with Gasteiger partial charge >= 0.3 is 0 Å². The molecule has 0 spiro atoms. The first kappa shape index (κ1) is 11.7. The van der Waals surface area contributed by atoms with Crippen molar-refractivity contribution in [2.45, 2.75) is 13.8 Å². The van der Waals surface area contributed by atoms with Crippen LogP contribution in [-0.4, -0.2) is 10.2 Å². The van der Waals surface area contributed by atoms with E-state index in [4.69, 9.17) is 4.42 Å². The fourth-order valence-corrected chi connectivity index (χ4v) is 2.07. The van der Waals surface area contributed by atoms with Crippen molar-refractivity contribution in [1.82, 2.24) is 10.2 Å². The van der Waals surface area contributed by atoms with Crippen LogP contribution >= 0.6 is 0 Å². The molecule has 0 radical (unpaired) electrons. The summed E-state index contributed by atoms with van der Waals surface area (Å²) in [6, 6.07) is 16.6. The molecule has 0 saturated carbocycles. The molecule has 0 aliphatic carbocycles.